The maximum atomic E-state index is 13.0. The molecule has 1 N–H and O–H groups in total. The highest BCUT2D eigenvalue weighted by Crippen LogP contribution is 2.25. The fourth-order valence-electron chi connectivity index (χ4n) is 3.21. The van der Waals surface area contributed by atoms with Gasteiger partial charge in [0.05, 0.1) is 25.0 Å². The molecule has 0 spiro atoms. The number of imidazole rings is 1. The van der Waals surface area contributed by atoms with Gasteiger partial charge in [0.15, 0.2) is 0 Å². The zero-order chi connectivity index (χ0) is 19.3. The average Bonchev–Trinajstić information content (AvgIpc) is 3.24. The Morgan fingerprint density at radius 3 is 2.62 bits per heavy atom. The number of nitrogens with one attached hydrogen (secondary N) is 1. The van der Waals surface area contributed by atoms with Crippen molar-refractivity contribution in [3.05, 3.63) is 18.2 Å². The summed E-state index contributed by atoms with van der Waals surface area (Å²) in [5.74, 6) is -0.360. The van der Waals surface area contributed by atoms with E-state index in [4.69, 9.17) is 4.74 Å². The van der Waals surface area contributed by atoms with Gasteiger partial charge in [-0.25, -0.2) is 4.98 Å². The average molecular weight is 364 g/mol. The zero-order valence-electron chi connectivity index (χ0n) is 16.6. The van der Waals surface area contributed by atoms with Gasteiger partial charge in [-0.2, -0.15) is 0 Å². The number of carbonyl (C=O) groups is 2. The van der Waals surface area contributed by atoms with Crippen LogP contribution in [0, 0.1) is 17.3 Å². The number of aryl methyl sites for hydroxylation is 1. The zero-order valence-corrected chi connectivity index (χ0v) is 16.6. The van der Waals surface area contributed by atoms with E-state index >= 15 is 0 Å². The lowest BCUT2D eigenvalue weighted by Crippen LogP contribution is -2.40. The van der Waals surface area contributed by atoms with Crippen molar-refractivity contribution < 1.29 is 14.3 Å². The fraction of sp³-hybridized carbons (Fsp3) is 0.737. The van der Waals surface area contributed by atoms with Gasteiger partial charge in [0.25, 0.3) is 0 Å². The van der Waals surface area contributed by atoms with Gasteiger partial charge in [-0.05, 0) is 33.6 Å². The lowest BCUT2D eigenvalue weighted by atomic mass is 9.85. The van der Waals surface area contributed by atoms with Crippen molar-refractivity contribution in [3.63, 3.8) is 0 Å². The van der Waals surface area contributed by atoms with Crippen molar-refractivity contribution in [2.75, 3.05) is 26.4 Å². The Morgan fingerprint density at radius 1 is 1.38 bits per heavy atom. The second-order valence-electron chi connectivity index (χ2n) is 8.08. The Kier molecular flexibility index (Phi) is 6.81. The summed E-state index contributed by atoms with van der Waals surface area (Å²) in [6, 6.07) is 0. The van der Waals surface area contributed by atoms with Crippen molar-refractivity contribution >= 4 is 11.9 Å². The largest absolute Gasteiger partial charge is 0.465 e. The van der Waals surface area contributed by atoms with Crippen molar-refractivity contribution in [2.45, 2.75) is 40.5 Å². The van der Waals surface area contributed by atoms with Crippen LogP contribution in [0.15, 0.2) is 12.5 Å². The molecule has 2 atom stereocenters. The number of aromatic nitrogens is 2. The third-order valence-corrected chi connectivity index (χ3v) is 4.93. The quantitative estimate of drug-likeness (QED) is 0.744. The van der Waals surface area contributed by atoms with E-state index < -0.39 is 5.41 Å². The third-order valence-electron chi connectivity index (χ3n) is 4.93. The minimum Gasteiger partial charge on any atom is -0.465 e. The molecule has 2 rings (SSSR count). The number of ether oxygens (including phenoxy) is 1. The summed E-state index contributed by atoms with van der Waals surface area (Å²) < 4.78 is 7.55. The minimum absolute atomic E-state index is 0.0743. The number of hydrogen-bond donors (Lipinski definition) is 1. The molecule has 0 saturated carbocycles. The third kappa shape index (κ3) is 5.06. The van der Waals surface area contributed by atoms with E-state index in [0.717, 1.165) is 18.8 Å². The Morgan fingerprint density at radius 2 is 2.12 bits per heavy atom. The summed E-state index contributed by atoms with van der Waals surface area (Å²) in [6.45, 7) is 9.93. The van der Waals surface area contributed by atoms with Crippen LogP contribution in [0.1, 0.15) is 39.8 Å². The summed E-state index contributed by atoms with van der Waals surface area (Å²) in [6.07, 6.45) is 4.93. The van der Waals surface area contributed by atoms with E-state index in [9.17, 15) is 9.59 Å². The molecule has 0 aliphatic carbocycles. The van der Waals surface area contributed by atoms with Crippen LogP contribution in [0.4, 0.5) is 0 Å². The number of esters is 1. The molecule has 1 saturated heterocycles. The van der Waals surface area contributed by atoms with E-state index in [1.165, 1.54) is 0 Å². The van der Waals surface area contributed by atoms with Crippen molar-refractivity contribution in [1.29, 1.82) is 0 Å². The Labute approximate surface area is 156 Å². The van der Waals surface area contributed by atoms with E-state index in [1.54, 1.807) is 6.33 Å². The highest BCUT2D eigenvalue weighted by Gasteiger charge is 2.34. The first-order chi connectivity index (χ1) is 12.2. The summed E-state index contributed by atoms with van der Waals surface area (Å²) in [4.78, 5) is 31.3. The molecular formula is C19H32N4O3. The van der Waals surface area contributed by atoms with Crippen LogP contribution in [-0.2, 0) is 27.8 Å². The Balaban J connectivity index is 2.15. The second-order valence-corrected chi connectivity index (χ2v) is 8.08. The van der Waals surface area contributed by atoms with Gasteiger partial charge >= 0.3 is 5.97 Å². The molecule has 7 nitrogen and oxygen atoms in total. The minimum atomic E-state index is -0.554. The van der Waals surface area contributed by atoms with Gasteiger partial charge < -0.3 is 14.2 Å². The maximum absolute atomic E-state index is 13.0. The number of carbonyl (C=O) groups excluding carboxylic acids is 2. The molecule has 0 bridgehead atoms. The molecule has 1 unspecified atom stereocenters. The fourth-order valence-corrected chi connectivity index (χ4v) is 3.21. The van der Waals surface area contributed by atoms with Gasteiger partial charge in [-0.3, -0.25) is 14.9 Å². The van der Waals surface area contributed by atoms with E-state index in [0.29, 0.717) is 19.5 Å². The molecule has 1 aliphatic heterocycles. The van der Waals surface area contributed by atoms with Gasteiger partial charge in [0.1, 0.15) is 0 Å². The first-order valence-electron chi connectivity index (χ1n) is 9.36. The van der Waals surface area contributed by atoms with Crippen LogP contribution in [0.25, 0.3) is 0 Å². The van der Waals surface area contributed by atoms with Crippen LogP contribution in [0.3, 0.4) is 0 Å². The first-order valence-corrected chi connectivity index (χ1v) is 9.36. The van der Waals surface area contributed by atoms with Crippen LogP contribution in [0.5, 0.6) is 0 Å². The van der Waals surface area contributed by atoms with Gasteiger partial charge in [0, 0.05) is 43.9 Å². The van der Waals surface area contributed by atoms with Crippen molar-refractivity contribution in [2.24, 2.45) is 24.3 Å². The highest BCUT2D eigenvalue weighted by atomic mass is 16.5. The molecule has 1 fully saturated rings. The van der Waals surface area contributed by atoms with Crippen molar-refractivity contribution in [3.8, 4) is 0 Å². The lowest BCUT2D eigenvalue weighted by Gasteiger charge is -2.29. The van der Waals surface area contributed by atoms with Crippen LogP contribution in [-0.4, -0.2) is 52.7 Å². The summed E-state index contributed by atoms with van der Waals surface area (Å²) in [5.41, 5.74) is 0.481. The molecule has 0 radical (unpaired) electrons. The summed E-state index contributed by atoms with van der Waals surface area (Å²) in [5, 5.41) is 3.20. The standard InChI is InChI=1S/C19H32N4O3/c1-6-16(17(24)23-8-7-20-13-23)14(9-15-10-21-12-22(15)5)11-26-18(25)19(2,3)4/h10,12,14,16,20H,6-9,11,13H2,1-5H3/t14-,16?/m0/s1. The maximum Gasteiger partial charge on any atom is 0.311 e. The van der Waals surface area contributed by atoms with E-state index in [2.05, 4.69) is 10.3 Å². The molecule has 7 heteroatoms. The molecule has 1 aromatic heterocycles. The molecular weight excluding hydrogens is 332 g/mol. The number of hydrogen-bond acceptors (Lipinski definition) is 5. The first kappa shape index (κ1) is 20.4. The van der Waals surface area contributed by atoms with Crippen LogP contribution in [0.2, 0.25) is 0 Å². The molecule has 1 aliphatic rings. The van der Waals surface area contributed by atoms with Gasteiger partial charge in [-0.15, -0.1) is 0 Å². The SMILES string of the molecule is CCC(C(=O)N1CCNC1)[C@H](COC(=O)C(C)(C)C)Cc1cncn1C. The van der Waals surface area contributed by atoms with Crippen LogP contribution >= 0.6 is 0 Å². The second kappa shape index (κ2) is 8.66. The molecule has 26 heavy (non-hydrogen) atoms. The predicted octanol–water partition coefficient (Wildman–Crippen LogP) is 1.58. The number of amides is 1. The smallest absolute Gasteiger partial charge is 0.311 e. The Hall–Kier alpha value is -1.89. The number of nitrogens with zero attached hydrogens (tertiary/aromatic N) is 3. The predicted molar refractivity (Wildman–Crippen MR) is 99.2 cm³/mol. The lowest BCUT2D eigenvalue weighted by molar-refractivity contribution is -0.156. The van der Waals surface area contributed by atoms with Crippen molar-refractivity contribution in [1.82, 2.24) is 19.8 Å². The van der Waals surface area contributed by atoms with E-state index in [-0.39, 0.29) is 30.3 Å². The normalized spacial score (nSPS) is 17.2. The summed E-state index contributed by atoms with van der Waals surface area (Å²) >= 11 is 0. The molecule has 1 amide bonds. The molecule has 1 aromatic rings. The molecule has 146 valence electrons. The Bertz CT molecular complexity index is 615. The van der Waals surface area contributed by atoms with Gasteiger partial charge in [-0.1, -0.05) is 6.92 Å². The monoisotopic (exact) mass is 364 g/mol. The van der Waals surface area contributed by atoms with E-state index in [1.807, 2.05) is 50.4 Å². The molecule has 2 heterocycles. The summed E-state index contributed by atoms with van der Waals surface area (Å²) in [7, 11) is 1.94. The topological polar surface area (TPSA) is 76.5 Å². The number of rotatable bonds is 7. The van der Waals surface area contributed by atoms with Crippen LogP contribution < -0.4 is 5.32 Å². The molecule has 0 aromatic carbocycles. The highest BCUT2D eigenvalue weighted by molar-refractivity contribution is 5.79. The van der Waals surface area contributed by atoms with Gasteiger partial charge in [0.2, 0.25) is 5.91 Å².